The second-order valence-electron chi connectivity index (χ2n) is 6.92. The summed E-state index contributed by atoms with van der Waals surface area (Å²) >= 11 is 0. The minimum Gasteiger partial charge on any atom is -0.476 e. The maximum absolute atomic E-state index is 9.23. The highest BCUT2D eigenvalue weighted by atomic mass is 16.5. The van der Waals surface area contributed by atoms with Gasteiger partial charge in [-0.25, -0.2) is 9.97 Å². The lowest BCUT2D eigenvalue weighted by Crippen LogP contribution is -2.07. The number of anilines is 3. The molecule has 0 radical (unpaired) electrons. The van der Waals surface area contributed by atoms with Crippen LogP contribution in [0.3, 0.4) is 0 Å². The van der Waals surface area contributed by atoms with Crippen molar-refractivity contribution in [1.82, 2.24) is 15.0 Å². The number of nitrogens with one attached hydrogen (secondary N) is 2. The predicted molar refractivity (Wildman–Crippen MR) is 112 cm³/mol. The molecule has 2 heterocycles. The number of rotatable bonds is 9. The standard InChI is InChI=1S/C21H24N6O2/c1-14(2)6-9-29-21-18(11-22)24-13-20(27-21)26-19-10-15-4-3-5-17(23-7-8-28)16(15)12-25-19/h3-5,10,12-14,23,28H,6-9H2,1-2H3,(H,25,26,27). The van der Waals surface area contributed by atoms with Crippen LogP contribution in [0.25, 0.3) is 10.8 Å². The van der Waals surface area contributed by atoms with Crippen LogP contribution >= 0.6 is 0 Å². The molecule has 3 rings (SSSR count). The molecule has 3 aromatic rings. The molecule has 0 aliphatic rings. The zero-order valence-corrected chi connectivity index (χ0v) is 16.5. The van der Waals surface area contributed by atoms with E-state index in [9.17, 15) is 5.26 Å². The molecule has 0 bridgehead atoms. The number of hydrogen-bond acceptors (Lipinski definition) is 8. The predicted octanol–water partition coefficient (Wildman–Crippen LogP) is 3.47. The third-order valence-corrected chi connectivity index (χ3v) is 4.23. The summed E-state index contributed by atoms with van der Waals surface area (Å²) < 4.78 is 5.66. The van der Waals surface area contributed by atoms with E-state index >= 15 is 0 Å². The molecule has 2 aromatic heterocycles. The Balaban J connectivity index is 1.80. The summed E-state index contributed by atoms with van der Waals surface area (Å²) in [6.07, 6.45) is 4.11. The number of aliphatic hydroxyl groups is 1. The quantitative estimate of drug-likeness (QED) is 0.507. The smallest absolute Gasteiger partial charge is 0.253 e. The maximum atomic E-state index is 9.23. The van der Waals surface area contributed by atoms with Crippen molar-refractivity contribution >= 4 is 28.1 Å². The van der Waals surface area contributed by atoms with E-state index in [1.807, 2.05) is 30.3 Å². The first-order valence-corrected chi connectivity index (χ1v) is 9.51. The van der Waals surface area contributed by atoms with E-state index in [2.05, 4.69) is 39.4 Å². The Morgan fingerprint density at radius 2 is 2.07 bits per heavy atom. The van der Waals surface area contributed by atoms with E-state index < -0.39 is 0 Å². The molecule has 8 nitrogen and oxygen atoms in total. The molecule has 150 valence electrons. The normalized spacial score (nSPS) is 10.7. The molecular formula is C21H24N6O2. The monoisotopic (exact) mass is 392 g/mol. The number of hydrogen-bond donors (Lipinski definition) is 3. The van der Waals surface area contributed by atoms with Gasteiger partial charge in [0.15, 0.2) is 5.82 Å². The third kappa shape index (κ3) is 5.30. The first kappa shape index (κ1) is 20.3. The van der Waals surface area contributed by atoms with Crippen LogP contribution in [0.15, 0.2) is 36.7 Å². The topological polar surface area (TPSA) is 116 Å². The van der Waals surface area contributed by atoms with Crippen molar-refractivity contribution in [2.24, 2.45) is 5.92 Å². The number of fused-ring (bicyclic) bond motifs is 1. The maximum Gasteiger partial charge on any atom is 0.253 e. The molecular weight excluding hydrogens is 368 g/mol. The largest absolute Gasteiger partial charge is 0.476 e. The summed E-state index contributed by atoms with van der Waals surface area (Å²) in [6, 6.07) is 9.77. The number of aliphatic hydroxyl groups excluding tert-OH is 1. The van der Waals surface area contributed by atoms with Gasteiger partial charge in [0.25, 0.3) is 5.88 Å². The summed E-state index contributed by atoms with van der Waals surface area (Å²) in [5.74, 6) is 1.76. The number of aromatic nitrogens is 3. The van der Waals surface area contributed by atoms with Crippen molar-refractivity contribution in [2.45, 2.75) is 20.3 Å². The van der Waals surface area contributed by atoms with Crippen molar-refractivity contribution in [1.29, 1.82) is 5.26 Å². The van der Waals surface area contributed by atoms with Crippen LogP contribution in [0.1, 0.15) is 26.0 Å². The first-order chi connectivity index (χ1) is 14.1. The van der Waals surface area contributed by atoms with E-state index in [0.29, 0.717) is 30.7 Å². The minimum atomic E-state index is 0.0579. The van der Waals surface area contributed by atoms with E-state index in [4.69, 9.17) is 9.84 Å². The number of nitriles is 1. The van der Waals surface area contributed by atoms with Gasteiger partial charge in [0.2, 0.25) is 5.69 Å². The molecule has 0 amide bonds. The van der Waals surface area contributed by atoms with Crippen LogP contribution in [0.4, 0.5) is 17.3 Å². The molecule has 0 saturated carbocycles. The van der Waals surface area contributed by atoms with Crippen molar-refractivity contribution in [3.05, 3.63) is 42.4 Å². The van der Waals surface area contributed by atoms with Gasteiger partial charge in [0.05, 0.1) is 19.4 Å². The second kappa shape index (κ2) is 9.66. The van der Waals surface area contributed by atoms with Crippen molar-refractivity contribution in [2.75, 3.05) is 30.4 Å². The van der Waals surface area contributed by atoms with Crippen LogP contribution < -0.4 is 15.4 Å². The second-order valence-corrected chi connectivity index (χ2v) is 6.92. The molecule has 0 aliphatic carbocycles. The average molecular weight is 392 g/mol. The Kier molecular flexibility index (Phi) is 6.76. The minimum absolute atomic E-state index is 0.0579. The molecule has 3 N–H and O–H groups in total. The fourth-order valence-corrected chi connectivity index (χ4v) is 2.72. The van der Waals surface area contributed by atoms with Gasteiger partial charge in [-0.2, -0.15) is 10.2 Å². The van der Waals surface area contributed by atoms with Crippen LogP contribution in [-0.2, 0) is 0 Å². The van der Waals surface area contributed by atoms with Gasteiger partial charge < -0.3 is 20.5 Å². The Labute approximate surface area is 169 Å². The van der Waals surface area contributed by atoms with Crippen LogP contribution in [0.2, 0.25) is 0 Å². The zero-order chi connectivity index (χ0) is 20.6. The Bertz CT molecular complexity index is 1020. The fourth-order valence-electron chi connectivity index (χ4n) is 2.72. The highest BCUT2D eigenvalue weighted by Crippen LogP contribution is 2.26. The van der Waals surface area contributed by atoms with E-state index in [0.717, 1.165) is 22.9 Å². The van der Waals surface area contributed by atoms with Gasteiger partial charge in [-0.3, -0.25) is 0 Å². The highest BCUT2D eigenvalue weighted by molar-refractivity contribution is 5.94. The van der Waals surface area contributed by atoms with Crippen molar-refractivity contribution in [3.8, 4) is 11.9 Å². The molecule has 1 aromatic carbocycles. The SMILES string of the molecule is CC(C)CCOc1nc(Nc2cc3cccc(NCCO)c3cn2)cnc1C#N. The molecule has 0 aliphatic heterocycles. The molecule has 0 spiro atoms. The van der Waals surface area contributed by atoms with Crippen LogP contribution in [0.5, 0.6) is 5.88 Å². The summed E-state index contributed by atoms with van der Waals surface area (Å²) in [5, 5.41) is 26.5. The molecule has 0 unspecified atom stereocenters. The average Bonchev–Trinajstić information content (AvgIpc) is 2.72. The van der Waals surface area contributed by atoms with Crippen LogP contribution in [0, 0.1) is 17.2 Å². The van der Waals surface area contributed by atoms with E-state index in [1.165, 1.54) is 6.20 Å². The molecule has 8 heteroatoms. The van der Waals surface area contributed by atoms with E-state index in [-0.39, 0.29) is 18.2 Å². The van der Waals surface area contributed by atoms with Gasteiger partial charge >= 0.3 is 0 Å². The van der Waals surface area contributed by atoms with Crippen molar-refractivity contribution < 1.29 is 9.84 Å². The third-order valence-electron chi connectivity index (χ3n) is 4.23. The summed E-state index contributed by atoms with van der Waals surface area (Å²) in [6.45, 7) is 5.22. The number of benzene rings is 1. The molecule has 29 heavy (non-hydrogen) atoms. The summed E-state index contributed by atoms with van der Waals surface area (Å²) in [5.41, 5.74) is 1.07. The van der Waals surface area contributed by atoms with Gasteiger partial charge in [-0.05, 0) is 29.9 Å². The van der Waals surface area contributed by atoms with Crippen molar-refractivity contribution in [3.63, 3.8) is 0 Å². The van der Waals surface area contributed by atoms with Gasteiger partial charge in [0.1, 0.15) is 11.9 Å². The zero-order valence-electron chi connectivity index (χ0n) is 16.5. The van der Waals surface area contributed by atoms with Gasteiger partial charge in [-0.1, -0.05) is 26.0 Å². The highest BCUT2D eigenvalue weighted by Gasteiger charge is 2.10. The Morgan fingerprint density at radius 3 is 2.83 bits per heavy atom. The number of pyridine rings is 1. The number of ether oxygens (including phenoxy) is 1. The van der Waals surface area contributed by atoms with Crippen LogP contribution in [-0.4, -0.2) is 39.8 Å². The summed E-state index contributed by atoms with van der Waals surface area (Å²) in [7, 11) is 0. The van der Waals surface area contributed by atoms with Gasteiger partial charge in [-0.15, -0.1) is 0 Å². The number of nitrogens with zero attached hydrogens (tertiary/aromatic N) is 4. The Morgan fingerprint density at radius 1 is 1.21 bits per heavy atom. The lowest BCUT2D eigenvalue weighted by Gasteiger charge is -2.12. The lowest BCUT2D eigenvalue weighted by atomic mass is 10.1. The Hall–Kier alpha value is -3.44. The lowest BCUT2D eigenvalue weighted by molar-refractivity contribution is 0.278. The fraction of sp³-hybridized carbons (Fsp3) is 0.333. The molecule has 0 saturated heterocycles. The summed E-state index contributed by atoms with van der Waals surface area (Å²) in [4.78, 5) is 12.9. The van der Waals surface area contributed by atoms with E-state index in [1.54, 1.807) is 6.20 Å². The molecule has 0 atom stereocenters. The molecule has 0 fully saturated rings. The van der Waals surface area contributed by atoms with Gasteiger partial charge in [0, 0.05) is 23.8 Å². The first-order valence-electron chi connectivity index (χ1n) is 9.51.